The second-order valence-electron chi connectivity index (χ2n) is 9.21. The highest BCUT2D eigenvalue weighted by atomic mass is 16.6. The van der Waals surface area contributed by atoms with Crippen molar-refractivity contribution in [3.8, 4) is 5.75 Å². The molecular weight excluding hydrogens is 440 g/mol. The Morgan fingerprint density at radius 3 is 2.46 bits per heavy atom. The molecule has 4 aromatic rings. The molecule has 176 valence electrons. The summed E-state index contributed by atoms with van der Waals surface area (Å²) in [7, 11) is 0. The number of aliphatic hydroxyl groups is 1. The summed E-state index contributed by atoms with van der Waals surface area (Å²) in [4.78, 5) is 23.8. The van der Waals surface area contributed by atoms with Crippen LogP contribution in [0.15, 0.2) is 78.9 Å². The van der Waals surface area contributed by atoms with Gasteiger partial charge in [0.05, 0.1) is 5.56 Å². The molecule has 2 atom stereocenters. The van der Waals surface area contributed by atoms with Crippen molar-refractivity contribution in [3.63, 3.8) is 0 Å². The zero-order valence-corrected chi connectivity index (χ0v) is 19.5. The maximum absolute atomic E-state index is 12.8. The fraction of sp³-hybridized carbons (Fsp3) is 0.172. The predicted octanol–water partition coefficient (Wildman–Crippen LogP) is 4.85. The normalized spacial score (nSPS) is 19.4. The Hall–Kier alpha value is -4.16. The molecule has 35 heavy (non-hydrogen) atoms. The van der Waals surface area contributed by atoms with Crippen LogP contribution in [-0.4, -0.2) is 16.8 Å². The highest BCUT2D eigenvalue weighted by Gasteiger charge is 2.59. The maximum atomic E-state index is 12.8. The number of Topliss-reactive ketones (excluding diaryl/α,β-unsaturated/α-hetero) is 1. The van der Waals surface area contributed by atoms with Gasteiger partial charge in [-0.15, -0.1) is 0 Å². The van der Waals surface area contributed by atoms with Gasteiger partial charge in [0, 0.05) is 22.4 Å². The summed E-state index contributed by atoms with van der Waals surface area (Å²) >= 11 is 0. The van der Waals surface area contributed by atoms with E-state index in [1.165, 1.54) is 0 Å². The molecule has 5 N–H and O–H groups in total. The van der Waals surface area contributed by atoms with Crippen molar-refractivity contribution in [1.29, 1.82) is 0 Å². The van der Waals surface area contributed by atoms with Gasteiger partial charge in [0.1, 0.15) is 11.7 Å². The number of anilines is 1. The molecule has 2 unspecified atom stereocenters. The van der Waals surface area contributed by atoms with Crippen LogP contribution in [0.3, 0.4) is 0 Å². The third-order valence-electron chi connectivity index (χ3n) is 6.72. The molecule has 6 rings (SSSR count). The fourth-order valence-electron chi connectivity index (χ4n) is 4.93. The Morgan fingerprint density at radius 1 is 1.00 bits per heavy atom. The van der Waals surface area contributed by atoms with Crippen LogP contribution in [0.1, 0.15) is 63.1 Å². The number of rotatable bonds is 2. The summed E-state index contributed by atoms with van der Waals surface area (Å²) in [6.45, 7) is 4.18. The van der Waals surface area contributed by atoms with Crippen LogP contribution in [0.5, 0.6) is 5.75 Å². The Balaban J connectivity index is 0.000000166. The number of ketones is 1. The highest BCUT2D eigenvalue weighted by molar-refractivity contribution is 6.11. The van der Waals surface area contributed by atoms with Crippen molar-refractivity contribution in [2.24, 2.45) is 5.73 Å². The van der Waals surface area contributed by atoms with E-state index in [9.17, 15) is 14.7 Å². The van der Waals surface area contributed by atoms with Crippen molar-refractivity contribution in [2.75, 3.05) is 5.73 Å². The molecule has 4 aromatic carbocycles. The summed E-state index contributed by atoms with van der Waals surface area (Å²) in [6.07, 6.45) is 0. The summed E-state index contributed by atoms with van der Waals surface area (Å²) in [5.41, 5.74) is 14.8. The number of ether oxygens (including phenoxy) is 1. The molecule has 0 radical (unpaired) electrons. The molecule has 6 heteroatoms. The molecule has 0 bridgehead atoms. The van der Waals surface area contributed by atoms with Gasteiger partial charge >= 0.3 is 0 Å². The van der Waals surface area contributed by atoms with Gasteiger partial charge in [-0.05, 0) is 40.5 Å². The number of carbonyl (C=O) groups is 2. The van der Waals surface area contributed by atoms with E-state index in [1.807, 2.05) is 54.6 Å². The van der Waals surface area contributed by atoms with Crippen LogP contribution in [0.4, 0.5) is 5.69 Å². The summed E-state index contributed by atoms with van der Waals surface area (Å²) in [5, 5.41) is 13.0. The standard InChI is InChI=1S/C18H17NO3.C11H9NO/c1-9(2)10-6-7-11-14(8-10)22-18(21)12-4-3-5-13(19)15(12)17(20)16(11)18;12-11(13)10-7-3-5-8-4-1-2-6-9(8)10/h3-9,16,21H,19H2,1-2H3;1-7H,(H2,12,13). The molecule has 6 nitrogen and oxygen atoms in total. The maximum Gasteiger partial charge on any atom is 0.250 e. The van der Waals surface area contributed by atoms with E-state index in [0.717, 1.165) is 21.9 Å². The Labute approximate surface area is 203 Å². The van der Waals surface area contributed by atoms with Gasteiger partial charge in [-0.25, -0.2) is 0 Å². The van der Waals surface area contributed by atoms with Crippen LogP contribution in [0.2, 0.25) is 0 Å². The van der Waals surface area contributed by atoms with Crippen LogP contribution >= 0.6 is 0 Å². The largest absolute Gasteiger partial charge is 0.457 e. The Morgan fingerprint density at radius 2 is 1.71 bits per heavy atom. The van der Waals surface area contributed by atoms with Gasteiger partial charge in [-0.2, -0.15) is 0 Å². The minimum absolute atomic E-state index is 0.174. The van der Waals surface area contributed by atoms with E-state index in [2.05, 4.69) is 13.8 Å². The number of carbonyl (C=O) groups excluding carboxylic acids is 2. The lowest BCUT2D eigenvalue weighted by Gasteiger charge is -2.22. The average Bonchev–Trinajstić information content (AvgIpc) is 3.26. The minimum Gasteiger partial charge on any atom is -0.457 e. The number of hydrogen-bond donors (Lipinski definition) is 3. The summed E-state index contributed by atoms with van der Waals surface area (Å²) in [5.74, 6) is -1.99. The lowest BCUT2D eigenvalue weighted by atomic mass is 9.91. The Bertz CT molecular complexity index is 1490. The number of primary amides is 1. The second-order valence-corrected chi connectivity index (χ2v) is 9.21. The van der Waals surface area contributed by atoms with Crippen molar-refractivity contribution < 1.29 is 19.4 Å². The average molecular weight is 467 g/mol. The SMILES string of the molecule is CC(C)c1ccc2c(c1)OC1(O)c3cccc(N)c3C(=O)C21.NC(=O)c1cccc2ccccc12. The number of nitrogens with two attached hydrogens (primary N) is 2. The highest BCUT2D eigenvalue weighted by Crippen LogP contribution is 2.56. The smallest absolute Gasteiger partial charge is 0.250 e. The molecule has 0 saturated carbocycles. The van der Waals surface area contributed by atoms with Crippen LogP contribution in [0, 0.1) is 0 Å². The summed E-state index contributed by atoms with van der Waals surface area (Å²) < 4.78 is 5.84. The molecule has 0 aromatic heterocycles. The van der Waals surface area contributed by atoms with Gasteiger partial charge in [0.15, 0.2) is 5.78 Å². The van der Waals surface area contributed by atoms with Gasteiger partial charge in [-0.3, -0.25) is 9.59 Å². The predicted molar refractivity (Wildman–Crippen MR) is 135 cm³/mol. The molecule has 0 saturated heterocycles. The first-order valence-electron chi connectivity index (χ1n) is 11.5. The molecule has 1 aliphatic heterocycles. The first-order valence-corrected chi connectivity index (χ1v) is 11.5. The van der Waals surface area contributed by atoms with E-state index in [4.69, 9.17) is 16.2 Å². The van der Waals surface area contributed by atoms with Crippen LogP contribution in [0.25, 0.3) is 10.8 Å². The van der Waals surface area contributed by atoms with E-state index < -0.39 is 11.7 Å². The van der Waals surface area contributed by atoms with Gasteiger partial charge in [-0.1, -0.05) is 74.5 Å². The molecule has 2 aliphatic rings. The first-order chi connectivity index (χ1) is 16.7. The molecule has 1 aliphatic carbocycles. The molecule has 0 spiro atoms. The lowest BCUT2D eigenvalue weighted by Crippen LogP contribution is -2.32. The van der Waals surface area contributed by atoms with Crippen molar-refractivity contribution in [3.05, 3.63) is 107 Å². The zero-order valence-electron chi connectivity index (χ0n) is 19.5. The van der Waals surface area contributed by atoms with Gasteiger partial charge in [0.2, 0.25) is 11.7 Å². The van der Waals surface area contributed by atoms with E-state index in [1.54, 1.807) is 24.3 Å². The van der Waals surface area contributed by atoms with E-state index in [-0.39, 0.29) is 11.7 Å². The third kappa shape index (κ3) is 3.54. The van der Waals surface area contributed by atoms with Crippen LogP contribution in [-0.2, 0) is 5.79 Å². The third-order valence-corrected chi connectivity index (χ3v) is 6.72. The number of amides is 1. The van der Waals surface area contributed by atoms with Gasteiger partial charge in [0.25, 0.3) is 0 Å². The number of benzene rings is 4. The fourth-order valence-corrected chi connectivity index (χ4v) is 4.93. The molecular formula is C29H26N2O4. The minimum atomic E-state index is -1.64. The number of nitrogen functional groups attached to an aromatic ring is 1. The zero-order chi connectivity index (χ0) is 24.9. The number of fused-ring (bicyclic) bond motifs is 6. The van der Waals surface area contributed by atoms with Gasteiger partial charge < -0.3 is 21.3 Å². The quantitative estimate of drug-likeness (QED) is 0.365. The molecule has 0 fully saturated rings. The van der Waals surface area contributed by atoms with E-state index >= 15 is 0 Å². The monoisotopic (exact) mass is 466 g/mol. The molecule has 1 heterocycles. The van der Waals surface area contributed by atoms with E-state index in [0.29, 0.717) is 34.0 Å². The van der Waals surface area contributed by atoms with Crippen molar-refractivity contribution in [2.45, 2.75) is 31.5 Å². The Kier molecular flexibility index (Phi) is 5.33. The number of hydrogen-bond acceptors (Lipinski definition) is 5. The molecule has 1 amide bonds. The van der Waals surface area contributed by atoms with Crippen molar-refractivity contribution >= 4 is 28.2 Å². The second kappa shape index (κ2) is 8.25. The van der Waals surface area contributed by atoms with Crippen LogP contribution < -0.4 is 16.2 Å². The lowest BCUT2D eigenvalue weighted by molar-refractivity contribution is -0.134. The topological polar surface area (TPSA) is 116 Å². The summed E-state index contributed by atoms with van der Waals surface area (Å²) in [6, 6.07) is 24.1. The van der Waals surface area contributed by atoms with Crippen molar-refractivity contribution in [1.82, 2.24) is 0 Å². The first kappa shape index (κ1) is 22.6.